The molecule has 7 heteroatoms. The Hall–Kier alpha value is -2.29. The highest BCUT2D eigenvalue weighted by atomic mass is 16.5. The number of H-pyrrole nitrogens is 1. The van der Waals surface area contributed by atoms with E-state index in [1.54, 1.807) is 0 Å². The molecule has 1 aliphatic rings. The maximum atomic E-state index is 10.2. The summed E-state index contributed by atoms with van der Waals surface area (Å²) in [5.74, 6) is 0.600. The second-order valence-corrected chi connectivity index (χ2v) is 6.50. The van der Waals surface area contributed by atoms with Gasteiger partial charge in [-0.2, -0.15) is 0 Å². The molecule has 0 saturated carbocycles. The van der Waals surface area contributed by atoms with Crippen LogP contribution in [0.1, 0.15) is 11.8 Å². The number of aliphatic hydroxyl groups excluding tert-OH is 4. The van der Waals surface area contributed by atoms with Crippen LogP contribution in [0.25, 0.3) is 22.2 Å². The smallest absolute Gasteiger partial charge is 0.137 e. The van der Waals surface area contributed by atoms with Gasteiger partial charge in [0.25, 0.3) is 0 Å². The molecule has 2 heterocycles. The van der Waals surface area contributed by atoms with E-state index in [9.17, 15) is 20.4 Å². The van der Waals surface area contributed by atoms with Crippen LogP contribution in [-0.2, 0) is 4.74 Å². The molecular weight excluding hydrogens is 336 g/mol. The number of ether oxygens (including phenoxy) is 1. The summed E-state index contributed by atoms with van der Waals surface area (Å²) in [7, 11) is 0. The van der Waals surface area contributed by atoms with Gasteiger partial charge in [-0.1, -0.05) is 36.4 Å². The maximum Gasteiger partial charge on any atom is 0.137 e. The highest BCUT2D eigenvalue weighted by Crippen LogP contribution is 2.32. The Morgan fingerprint density at radius 3 is 2.50 bits per heavy atom. The second kappa shape index (κ2) is 6.79. The first-order chi connectivity index (χ1) is 12.6. The zero-order valence-electron chi connectivity index (χ0n) is 13.9. The molecular formula is C19H20N2O5. The van der Waals surface area contributed by atoms with Gasteiger partial charge in [-0.25, -0.2) is 4.98 Å². The summed E-state index contributed by atoms with van der Waals surface area (Å²) in [6, 6.07) is 13.9. The Morgan fingerprint density at radius 2 is 1.73 bits per heavy atom. The minimum atomic E-state index is -1.42. The molecule has 4 rings (SSSR count). The number of imidazole rings is 1. The number of nitrogens with zero attached hydrogens (tertiary/aromatic N) is 1. The molecule has 1 aliphatic heterocycles. The molecule has 1 aromatic heterocycles. The third-order valence-electron chi connectivity index (χ3n) is 4.82. The van der Waals surface area contributed by atoms with Crippen molar-refractivity contribution in [3.05, 3.63) is 54.4 Å². The third-order valence-corrected chi connectivity index (χ3v) is 4.82. The van der Waals surface area contributed by atoms with E-state index >= 15 is 0 Å². The SMILES string of the molecule is OC[C@H]1O[C@@H](c2cnc(-c3ccc4ccccc4c3)[nH]2)[C@H](O)[C@@H](O)[C@@H]1O. The Labute approximate surface area is 149 Å². The van der Waals surface area contributed by atoms with Gasteiger partial charge in [-0.15, -0.1) is 0 Å². The number of benzene rings is 2. The van der Waals surface area contributed by atoms with Crippen LogP contribution in [0.15, 0.2) is 48.7 Å². The van der Waals surface area contributed by atoms with Crippen LogP contribution >= 0.6 is 0 Å². The topological polar surface area (TPSA) is 119 Å². The minimum Gasteiger partial charge on any atom is -0.394 e. The molecule has 0 bridgehead atoms. The monoisotopic (exact) mass is 356 g/mol. The molecule has 26 heavy (non-hydrogen) atoms. The molecule has 0 spiro atoms. The van der Waals surface area contributed by atoms with Crippen LogP contribution in [-0.4, -0.2) is 61.4 Å². The lowest BCUT2D eigenvalue weighted by atomic mass is 9.94. The highest BCUT2D eigenvalue weighted by molar-refractivity contribution is 5.86. The average Bonchev–Trinajstić information content (AvgIpc) is 3.16. The fourth-order valence-corrected chi connectivity index (χ4v) is 3.32. The Kier molecular flexibility index (Phi) is 4.47. The number of fused-ring (bicyclic) bond motifs is 1. The molecule has 0 aliphatic carbocycles. The standard InChI is InChI=1S/C19H20N2O5/c22-9-14-15(23)16(24)17(25)18(26-14)13-8-20-19(21-13)12-6-5-10-3-1-2-4-11(10)7-12/h1-8,14-18,22-25H,9H2,(H,20,21)/t14-,15-,16+,17-,18+/m1/s1. The van der Waals surface area contributed by atoms with Crippen molar-refractivity contribution in [2.45, 2.75) is 30.5 Å². The zero-order valence-corrected chi connectivity index (χ0v) is 13.9. The molecule has 0 unspecified atom stereocenters. The number of hydrogen-bond donors (Lipinski definition) is 5. The summed E-state index contributed by atoms with van der Waals surface area (Å²) >= 11 is 0. The van der Waals surface area contributed by atoms with E-state index < -0.39 is 37.1 Å². The van der Waals surface area contributed by atoms with E-state index in [1.807, 2.05) is 42.5 Å². The lowest BCUT2D eigenvalue weighted by Gasteiger charge is -2.39. The average molecular weight is 356 g/mol. The Balaban J connectivity index is 1.64. The molecule has 2 aromatic carbocycles. The number of aromatic nitrogens is 2. The van der Waals surface area contributed by atoms with Crippen molar-refractivity contribution in [1.29, 1.82) is 0 Å². The second-order valence-electron chi connectivity index (χ2n) is 6.50. The van der Waals surface area contributed by atoms with E-state index in [0.717, 1.165) is 16.3 Å². The van der Waals surface area contributed by atoms with Crippen molar-refractivity contribution < 1.29 is 25.2 Å². The van der Waals surface area contributed by atoms with Gasteiger partial charge in [0.05, 0.1) is 18.5 Å². The quantitative estimate of drug-likeness (QED) is 0.472. The number of aliphatic hydroxyl groups is 4. The first-order valence-electron chi connectivity index (χ1n) is 8.43. The van der Waals surface area contributed by atoms with E-state index in [4.69, 9.17) is 4.74 Å². The lowest BCUT2D eigenvalue weighted by Crippen LogP contribution is -2.55. The fourth-order valence-electron chi connectivity index (χ4n) is 3.32. The van der Waals surface area contributed by atoms with E-state index in [1.165, 1.54) is 6.20 Å². The van der Waals surface area contributed by atoms with Crippen molar-refractivity contribution in [3.8, 4) is 11.4 Å². The van der Waals surface area contributed by atoms with Crippen molar-refractivity contribution in [2.75, 3.05) is 6.61 Å². The lowest BCUT2D eigenvalue weighted by molar-refractivity contribution is -0.232. The van der Waals surface area contributed by atoms with Crippen LogP contribution in [0.2, 0.25) is 0 Å². The summed E-state index contributed by atoms with van der Waals surface area (Å²) < 4.78 is 5.55. The van der Waals surface area contributed by atoms with E-state index in [2.05, 4.69) is 9.97 Å². The van der Waals surface area contributed by atoms with Crippen molar-refractivity contribution in [1.82, 2.24) is 9.97 Å². The summed E-state index contributed by atoms with van der Waals surface area (Å²) in [5, 5.41) is 41.6. The summed E-state index contributed by atoms with van der Waals surface area (Å²) in [5.41, 5.74) is 1.34. The van der Waals surface area contributed by atoms with Crippen LogP contribution in [0.3, 0.4) is 0 Å². The largest absolute Gasteiger partial charge is 0.394 e. The van der Waals surface area contributed by atoms with Gasteiger partial charge in [0.1, 0.15) is 36.3 Å². The van der Waals surface area contributed by atoms with Gasteiger partial charge in [0.2, 0.25) is 0 Å². The van der Waals surface area contributed by atoms with Crippen molar-refractivity contribution in [2.24, 2.45) is 0 Å². The first kappa shape index (κ1) is 17.1. The summed E-state index contributed by atoms with van der Waals surface area (Å²) in [6.07, 6.45) is -4.49. The summed E-state index contributed by atoms with van der Waals surface area (Å²) in [6.45, 7) is -0.465. The molecule has 3 aromatic rings. The van der Waals surface area contributed by atoms with Crippen LogP contribution in [0.5, 0.6) is 0 Å². The maximum absolute atomic E-state index is 10.2. The predicted molar refractivity (Wildman–Crippen MR) is 94.2 cm³/mol. The van der Waals surface area contributed by atoms with Gasteiger partial charge in [-0.3, -0.25) is 0 Å². The third kappa shape index (κ3) is 2.90. The van der Waals surface area contributed by atoms with Gasteiger partial charge in [-0.05, 0) is 16.8 Å². The van der Waals surface area contributed by atoms with Crippen LogP contribution in [0, 0.1) is 0 Å². The molecule has 1 saturated heterocycles. The van der Waals surface area contributed by atoms with E-state index in [-0.39, 0.29) is 0 Å². The Morgan fingerprint density at radius 1 is 0.962 bits per heavy atom. The highest BCUT2D eigenvalue weighted by Gasteiger charge is 2.44. The predicted octanol–water partition coefficient (Wildman–Crippen LogP) is 0.745. The van der Waals surface area contributed by atoms with E-state index in [0.29, 0.717) is 11.5 Å². The first-order valence-corrected chi connectivity index (χ1v) is 8.43. The van der Waals surface area contributed by atoms with Gasteiger partial charge in [0.15, 0.2) is 0 Å². The van der Waals surface area contributed by atoms with Crippen LogP contribution < -0.4 is 0 Å². The minimum absolute atomic E-state index is 0.463. The molecule has 0 radical (unpaired) electrons. The summed E-state index contributed by atoms with van der Waals surface area (Å²) in [4.78, 5) is 7.45. The van der Waals surface area contributed by atoms with Gasteiger partial charge in [0, 0.05) is 5.56 Å². The van der Waals surface area contributed by atoms with Gasteiger partial charge < -0.3 is 30.1 Å². The molecule has 7 nitrogen and oxygen atoms in total. The van der Waals surface area contributed by atoms with Crippen molar-refractivity contribution in [3.63, 3.8) is 0 Å². The number of hydrogen-bond acceptors (Lipinski definition) is 6. The Bertz CT molecular complexity index is 910. The normalized spacial score (nSPS) is 29.2. The number of rotatable bonds is 3. The van der Waals surface area contributed by atoms with Gasteiger partial charge >= 0.3 is 0 Å². The number of nitrogens with one attached hydrogen (secondary N) is 1. The zero-order chi connectivity index (χ0) is 18.3. The van der Waals surface area contributed by atoms with Crippen LogP contribution in [0.4, 0.5) is 0 Å². The molecule has 0 amide bonds. The molecule has 5 N–H and O–H groups in total. The molecule has 136 valence electrons. The molecule has 5 atom stereocenters. The number of aromatic amines is 1. The van der Waals surface area contributed by atoms with Crippen molar-refractivity contribution >= 4 is 10.8 Å². The molecule has 1 fully saturated rings. The fraction of sp³-hybridized carbons (Fsp3) is 0.316.